The number of phenols is 1. The van der Waals surface area contributed by atoms with Crippen LogP contribution in [-0.2, 0) is 5.88 Å². The molecular formula is C8H6Cl4O. The fourth-order valence-corrected chi connectivity index (χ4v) is 2.16. The van der Waals surface area contributed by atoms with Crippen LogP contribution in [0.15, 0.2) is 0 Å². The summed E-state index contributed by atoms with van der Waals surface area (Å²) in [4.78, 5) is 0. The normalized spacial score (nSPS) is 10.5. The summed E-state index contributed by atoms with van der Waals surface area (Å²) >= 11 is 23.0. The third-order valence-electron chi connectivity index (χ3n) is 1.80. The molecule has 1 aromatic rings. The standard InChI is InChI=1S/C8H6Cl4O/c1-3-4(2-9)5(10)6(11)7(12)8(3)13/h13H,2H2,1H3. The first-order chi connectivity index (χ1) is 6.00. The van der Waals surface area contributed by atoms with E-state index in [0.29, 0.717) is 16.1 Å². The van der Waals surface area contributed by atoms with Gasteiger partial charge in [0.05, 0.1) is 10.0 Å². The molecule has 0 unspecified atom stereocenters. The lowest BCUT2D eigenvalue weighted by Crippen LogP contribution is -1.90. The second-order valence-corrected chi connectivity index (χ2v) is 3.93. The number of phenolic OH excluding ortho intramolecular Hbond substituents is 1. The number of rotatable bonds is 1. The summed E-state index contributed by atoms with van der Waals surface area (Å²) in [6.45, 7) is 1.68. The highest BCUT2D eigenvalue weighted by Gasteiger charge is 2.17. The second kappa shape index (κ2) is 4.14. The van der Waals surface area contributed by atoms with Gasteiger partial charge in [-0.25, -0.2) is 0 Å². The Morgan fingerprint density at radius 2 is 1.62 bits per heavy atom. The molecule has 72 valence electrons. The molecule has 0 fully saturated rings. The quantitative estimate of drug-likeness (QED) is 0.586. The molecule has 1 aromatic carbocycles. The molecule has 1 nitrogen and oxygen atoms in total. The molecule has 0 atom stereocenters. The fourth-order valence-electron chi connectivity index (χ4n) is 0.964. The zero-order valence-electron chi connectivity index (χ0n) is 6.67. The SMILES string of the molecule is Cc1c(O)c(Cl)c(Cl)c(Cl)c1CCl. The number of benzene rings is 1. The van der Waals surface area contributed by atoms with Crippen LogP contribution in [0.5, 0.6) is 5.75 Å². The summed E-state index contributed by atoms with van der Waals surface area (Å²) in [6, 6.07) is 0. The Hall–Kier alpha value is 0.180. The van der Waals surface area contributed by atoms with Gasteiger partial charge in [-0.2, -0.15) is 0 Å². The average Bonchev–Trinajstić information content (AvgIpc) is 2.13. The van der Waals surface area contributed by atoms with E-state index in [1.165, 1.54) is 0 Å². The summed E-state index contributed by atoms with van der Waals surface area (Å²) in [5.74, 6) is 0.126. The summed E-state index contributed by atoms with van der Waals surface area (Å²) in [5.41, 5.74) is 1.17. The Labute approximate surface area is 96.2 Å². The molecule has 13 heavy (non-hydrogen) atoms. The molecule has 0 bridgehead atoms. The van der Waals surface area contributed by atoms with Crippen LogP contribution >= 0.6 is 46.4 Å². The van der Waals surface area contributed by atoms with Crippen molar-refractivity contribution < 1.29 is 5.11 Å². The van der Waals surface area contributed by atoms with E-state index < -0.39 is 0 Å². The van der Waals surface area contributed by atoms with Crippen molar-refractivity contribution in [2.45, 2.75) is 12.8 Å². The number of aromatic hydroxyl groups is 1. The van der Waals surface area contributed by atoms with Crippen molar-refractivity contribution in [3.8, 4) is 5.75 Å². The third kappa shape index (κ3) is 1.84. The molecule has 0 heterocycles. The Kier molecular flexibility index (Phi) is 3.58. The van der Waals surface area contributed by atoms with E-state index in [1.54, 1.807) is 6.92 Å². The van der Waals surface area contributed by atoms with E-state index in [0.717, 1.165) is 0 Å². The van der Waals surface area contributed by atoms with Crippen LogP contribution in [0.1, 0.15) is 11.1 Å². The highest BCUT2D eigenvalue weighted by atomic mass is 35.5. The average molecular weight is 260 g/mol. The molecule has 1 N–H and O–H groups in total. The first kappa shape index (κ1) is 11.3. The van der Waals surface area contributed by atoms with Gasteiger partial charge in [-0.05, 0) is 18.1 Å². The molecule has 0 radical (unpaired) electrons. The number of hydrogen-bond acceptors (Lipinski definition) is 1. The number of alkyl halides is 1. The summed E-state index contributed by atoms with van der Waals surface area (Å²) in [5, 5.41) is 10.0. The minimum Gasteiger partial charge on any atom is -0.506 e. The van der Waals surface area contributed by atoms with E-state index in [2.05, 4.69) is 0 Å². The van der Waals surface area contributed by atoms with Gasteiger partial charge in [0, 0.05) is 5.88 Å². The molecule has 0 aromatic heterocycles. The molecule has 1 rings (SSSR count). The Morgan fingerprint density at radius 1 is 1.08 bits per heavy atom. The maximum Gasteiger partial charge on any atom is 0.139 e. The molecule has 5 heteroatoms. The lowest BCUT2D eigenvalue weighted by Gasteiger charge is -2.11. The zero-order chi connectivity index (χ0) is 10.2. The van der Waals surface area contributed by atoms with E-state index >= 15 is 0 Å². The van der Waals surface area contributed by atoms with Crippen molar-refractivity contribution in [1.82, 2.24) is 0 Å². The minimum atomic E-state index is -0.0632. The lowest BCUT2D eigenvalue weighted by molar-refractivity contribution is 0.471. The van der Waals surface area contributed by atoms with Gasteiger partial charge in [0.2, 0.25) is 0 Å². The first-order valence-corrected chi connectivity index (χ1v) is 5.08. The van der Waals surface area contributed by atoms with Crippen molar-refractivity contribution in [3.63, 3.8) is 0 Å². The molecule has 0 aliphatic heterocycles. The van der Waals surface area contributed by atoms with Crippen LogP contribution < -0.4 is 0 Å². The summed E-state index contributed by atoms with van der Waals surface area (Å²) in [6.07, 6.45) is 0. The minimum absolute atomic E-state index is 0.0632. The molecule has 0 spiro atoms. The van der Waals surface area contributed by atoms with Gasteiger partial charge in [-0.15, -0.1) is 11.6 Å². The fraction of sp³-hybridized carbons (Fsp3) is 0.250. The molecular weight excluding hydrogens is 254 g/mol. The largest absolute Gasteiger partial charge is 0.506 e. The van der Waals surface area contributed by atoms with Crippen LogP contribution in [0.3, 0.4) is 0 Å². The topological polar surface area (TPSA) is 20.2 Å². The maximum absolute atomic E-state index is 9.49. The van der Waals surface area contributed by atoms with Crippen molar-refractivity contribution in [1.29, 1.82) is 0 Å². The highest BCUT2D eigenvalue weighted by molar-refractivity contribution is 6.49. The van der Waals surface area contributed by atoms with Gasteiger partial charge in [-0.1, -0.05) is 34.8 Å². The van der Waals surface area contributed by atoms with E-state index in [4.69, 9.17) is 46.4 Å². The van der Waals surface area contributed by atoms with Crippen LogP contribution in [-0.4, -0.2) is 5.11 Å². The summed E-state index contributed by atoms with van der Waals surface area (Å²) in [7, 11) is 0. The number of hydrogen-bond donors (Lipinski definition) is 1. The van der Waals surface area contributed by atoms with E-state index in [1.807, 2.05) is 0 Å². The zero-order valence-corrected chi connectivity index (χ0v) is 9.69. The van der Waals surface area contributed by atoms with E-state index in [9.17, 15) is 5.11 Å². The summed E-state index contributed by atoms with van der Waals surface area (Å²) < 4.78 is 0. The molecule has 0 amide bonds. The van der Waals surface area contributed by atoms with Gasteiger partial charge >= 0.3 is 0 Å². The van der Waals surface area contributed by atoms with Crippen LogP contribution in [0.25, 0.3) is 0 Å². The van der Waals surface area contributed by atoms with Gasteiger partial charge in [-0.3, -0.25) is 0 Å². The smallest absolute Gasteiger partial charge is 0.139 e. The van der Waals surface area contributed by atoms with Gasteiger partial charge in [0.1, 0.15) is 10.8 Å². The van der Waals surface area contributed by atoms with Crippen molar-refractivity contribution in [3.05, 3.63) is 26.2 Å². The Morgan fingerprint density at radius 3 is 2.08 bits per heavy atom. The molecule has 0 saturated carbocycles. The maximum atomic E-state index is 9.49. The predicted octanol–water partition coefficient (Wildman–Crippen LogP) is 4.40. The monoisotopic (exact) mass is 258 g/mol. The third-order valence-corrected chi connectivity index (χ3v) is 3.42. The van der Waals surface area contributed by atoms with E-state index in [-0.39, 0.29) is 21.7 Å². The van der Waals surface area contributed by atoms with Gasteiger partial charge in [0.25, 0.3) is 0 Å². The highest BCUT2D eigenvalue weighted by Crippen LogP contribution is 2.42. The predicted molar refractivity (Wildman–Crippen MR) is 57.4 cm³/mol. The molecule has 0 aliphatic carbocycles. The lowest BCUT2D eigenvalue weighted by atomic mass is 10.1. The Balaban J connectivity index is 3.56. The molecule has 0 saturated heterocycles. The first-order valence-electron chi connectivity index (χ1n) is 3.41. The van der Waals surface area contributed by atoms with Gasteiger partial charge in [0.15, 0.2) is 0 Å². The van der Waals surface area contributed by atoms with Gasteiger partial charge < -0.3 is 5.11 Å². The van der Waals surface area contributed by atoms with Crippen molar-refractivity contribution in [2.75, 3.05) is 0 Å². The van der Waals surface area contributed by atoms with Crippen molar-refractivity contribution >= 4 is 46.4 Å². The Bertz CT molecular complexity index is 319. The van der Waals surface area contributed by atoms with Crippen LogP contribution in [0, 0.1) is 6.92 Å². The second-order valence-electron chi connectivity index (χ2n) is 2.53. The van der Waals surface area contributed by atoms with Crippen LogP contribution in [0.2, 0.25) is 15.1 Å². The number of halogens is 4. The van der Waals surface area contributed by atoms with Crippen LogP contribution in [0.4, 0.5) is 0 Å². The van der Waals surface area contributed by atoms with Crippen molar-refractivity contribution in [2.24, 2.45) is 0 Å². The molecule has 0 aliphatic rings.